The van der Waals surface area contributed by atoms with E-state index in [2.05, 4.69) is 0 Å². The first-order valence-corrected chi connectivity index (χ1v) is 3.15. The van der Waals surface area contributed by atoms with Crippen LogP contribution in [0.2, 0.25) is 0 Å². The minimum absolute atomic E-state index is 0. The molecular formula is C6H13LiO3. The molecule has 0 aromatic rings. The van der Waals surface area contributed by atoms with Crippen LogP contribution in [0.3, 0.4) is 0 Å². The minimum Gasteiger partial charge on any atom is -0.853 e. The predicted octanol–water partition coefficient (Wildman–Crippen LogP) is -3.60. The van der Waals surface area contributed by atoms with Crippen molar-refractivity contribution in [3.05, 3.63) is 0 Å². The van der Waals surface area contributed by atoms with Gasteiger partial charge in [0.15, 0.2) is 0 Å². The molecule has 0 bridgehead atoms. The van der Waals surface area contributed by atoms with Gasteiger partial charge in [-0.05, 0) is 6.92 Å². The van der Waals surface area contributed by atoms with Crippen molar-refractivity contribution >= 4 is 0 Å². The quantitative estimate of drug-likeness (QED) is 0.283. The SMILES string of the molecule is CCOCCOCC[O-].[Li+]. The van der Waals surface area contributed by atoms with Gasteiger partial charge >= 0.3 is 18.9 Å². The second-order valence-corrected chi connectivity index (χ2v) is 1.51. The molecule has 0 N–H and O–H groups in total. The Kier molecular flexibility index (Phi) is 16.0. The van der Waals surface area contributed by atoms with E-state index in [1.165, 1.54) is 0 Å². The zero-order valence-electron chi connectivity index (χ0n) is 6.76. The molecule has 0 atom stereocenters. The number of hydrogen-bond acceptors (Lipinski definition) is 3. The average molecular weight is 140 g/mol. The van der Waals surface area contributed by atoms with Gasteiger partial charge in [-0.15, -0.1) is 6.61 Å². The third kappa shape index (κ3) is 11.3. The number of hydrogen-bond donors (Lipinski definition) is 0. The molecule has 56 valence electrons. The van der Waals surface area contributed by atoms with Gasteiger partial charge < -0.3 is 14.6 Å². The summed E-state index contributed by atoms with van der Waals surface area (Å²) in [4.78, 5) is 0. The Morgan fingerprint density at radius 3 is 2.20 bits per heavy atom. The van der Waals surface area contributed by atoms with Crippen molar-refractivity contribution in [3.8, 4) is 0 Å². The molecule has 0 fully saturated rings. The summed E-state index contributed by atoms with van der Waals surface area (Å²) in [5.41, 5.74) is 0. The van der Waals surface area contributed by atoms with Crippen molar-refractivity contribution in [1.82, 2.24) is 0 Å². The Morgan fingerprint density at radius 1 is 1.10 bits per heavy atom. The molecule has 0 aliphatic carbocycles. The summed E-state index contributed by atoms with van der Waals surface area (Å²) in [5.74, 6) is 0. The van der Waals surface area contributed by atoms with Crippen LogP contribution in [0.5, 0.6) is 0 Å². The zero-order chi connectivity index (χ0) is 6.95. The molecule has 0 heterocycles. The zero-order valence-corrected chi connectivity index (χ0v) is 6.76. The summed E-state index contributed by atoms with van der Waals surface area (Å²) in [6.07, 6.45) is 0. The van der Waals surface area contributed by atoms with Gasteiger partial charge in [0.1, 0.15) is 0 Å². The molecule has 10 heavy (non-hydrogen) atoms. The fraction of sp³-hybridized carbons (Fsp3) is 1.00. The van der Waals surface area contributed by atoms with Crippen LogP contribution >= 0.6 is 0 Å². The maximum atomic E-state index is 9.80. The van der Waals surface area contributed by atoms with E-state index >= 15 is 0 Å². The summed E-state index contributed by atoms with van der Waals surface area (Å²) in [6, 6.07) is 0. The predicted molar refractivity (Wildman–Crippen MR) is 32.2 cm³/mol. The molecule has 0 aromatic carbocycles. The van der Waals surface area contributed by atoms with Crippen LogP contribution in [0.15, 0.2) is 0 Å². The monoisotopic (exact) mass is 140 g/mol. The van der Waals surface area contributed by atoms with Crippen molar-refractivity contribution < 1.29 is 33.4 Å². The Hall–Kier alpha value is 0.477. The van der Waals surface area contributed by atoms with E-state index in [1.54, 1.807) is 0 Å². The molecule has 0 rings (SSSR count). The normalized spacial score (nSPS) is 9.00. The molecule has 3 nitrogen and oxygen atoms in total. The molecule has 0 amide bonds. The van der Waals surface area contributed by atoms with E-state index in [0.717, 1.165) is 0 Å². The molecule has 0 saturated heterocycles. The fourth-order valence-corrected chi connectivity index (χ4v) is 0.423. The van der Waals surface area contributed by atoms with Gasteiger partial charge in [-0.3, -0.25) is 0 Å². The van der Waals surface area contributed by atoms with E-state index < -0.39 is 0 Å². The van der Waals surface area contributed by atoms with Gasteiger partial charge in [0.05, 0.1) is 13.2 Å². The second kappa shape index (κ2) is 12.2. The third-order valence-corrected chi connectivity index (χ3v) is 0.804. The van der Waals surface area contributed by atoms with Gasteiger partial charge in [-0.2, -0.15) is 0 Å². The first-order chi connectivity index (χ1) is 4.41. The summed E-state index contributed by atoms with van der Waals surface area (Å²) in [5, 5.41) is 9.80. The largest absolute Gasteiger partial charge is 1.00 e. The molecular weight excluding hydrogens is 127 g/mol. The maximum absolute atomic E-state index is 9.80. The standard InChI is InChI=1S/C6H13O3.Li/c1-2-8-5-6-9-4-3-7;/h2-6H2,1H3;/q-1;+1. The first-order valence-electron chi connectivity index (χ1n) is 3.15. The Balaban J connectivity index is 0. The van der Waals surface area contributed by atoms with Crippen molar-refractivity contribution in [2.24, 2.45) is 0 Å². The van der Waals surface area contributed by atoms with Gasteiger partial charge in [-0.25, -0.2) is 0 Å². The topological polar surface area (TPSA) is 41.5 Å². The van der Waals surface area contributed by atoms with Gasteiger partial charge in [0.2, 0.25) is 0 Å². The van der Waals surface area contributed by atoms with Crippen molar-refractivity contribution in [2.75, 3.05) is 33.0 Å². The van der Waals surface area contributed by atoms with Crippen LogP contribution in [0.4, 0.5) is 0 Å². The van der Waals surface area contributed by atoms with Gasteiger partial charge in [0.25, 0.3) is 0 Å². The van der Waals surface area contributed by atoms with Crippen molar-refractivity contribution in [1.29, 1.82) is 0 Å². The first kappa shape index (κ1) is 13.1. The van der Waals surface area contributed by atoms with E-state index in [1.807, 2.05) is 6.92 Å². The Bertz CT molecular complexity index is 46.3. The summed E-state index contributed by atoms with van der Waals surface area (Å²) in [6.45, 7) is 3.90. The Morgan fingerprint density at radius 2 is 1.70 bits per heavy atom. The molecule has 0 saturated carbocycles. The smallest absolute Gasteiger partial charge is 0.853 e. The Labute approximate surface area is 73.9 Å². The molecule has 4 heteroatoms. The number of rotatable bonds is 6. The molecule has 0 unspecified atom stereocenters. The van der Waals surface area contributed by atoms with Crippen LogP contribution < -0.4 is 24.0 Å². The van der Waals surface area contributed by atoms with E-state index in [9.17, 15) is 5.11 Å². The molecule has 0 radical (unpaired) electrons. The van der Waals surface area contributed by atoms with Gasteiger partial charge in [0, 0.05) is 13.2 Å². The van der Waals surface area contributed by atoms with E-state index in [4.69, 9.17) is 9.47 Å². The van der Waals surface area contributed by atoms with Gasteiger partial charge in [-0.1, -0.05) is 0 Å². The summed E-state index contributed by atoms with van der Waals surface area (Å²) >= 11 is 0. The summed E-state index contributed by atoms with van der Waals surface area (Å²) in [7, 11) is 0. The van der Waals surface area contributed by atoms with Crippen LogP contribution in [0, 0.1) is 0 Å². The van der Waals surface area contributed by atoms with E-state index in [-0.39, 0.29) is 25.5 Å². The maximum Gasteiger partial charge on any atom is 1.00 e. The number of ether oxygens (including phenoxy) is 2. The molecule has 0 spiro atoms. The minimum atomic E-state index is -0.161. The van der Waals surface area contributed by atoms with E-state index in [0.29, 0.717) is 26.4 Å². The van der Waals surface area contributed by atoms with Crippen LogP contribution in [-0.2, 0) is 9.47 Å². The second-order valence-electron chi connectivity index (χ2n) is 1.51. The van der Waals surface area contributed by atoms with Crippen LogP contribution in [0.25, 0.3) is 0 Å². The molecule has 0 aliphatic heterocycles. The third-order valence-electron chi connectivity index (χ3n) is 0.804. The average Bonchev–Trinajstić information content (AvgIpc) is 1.89. The molecule has 0 aliphatic rings. The van der Waals surface area contributed by atoms with Crippen molar-refractivity contribution in [2.45, 2.75) is 6.92 Å². The van der Waals surface area contributed by atoms with Crippen molar-refractivity contribution in [3.63, 3.8) is 0 Å². The molecule has 0 aromatic heterocycles. The van der Waals surface area contributed by atoms with Crippen LogP contribution in [-0.4, -0.2) is 33.0 Å². The van der Waals surface area contributed by atoms with Crippen LogP contribution in [0.1, 0.15) is 6.92 Å². The summed E-state index contributed by atoms with van der Waals surface area (Å²) < 4.78 is 9.80. The fourth-order valence-electron chi connectivity index (χ4n) is 0.423.